The molecule has 1 rings (SSSR count). The molecule has 4 N–H and O–H groups in total. The van der Waals surface area contributed by atoms with E-state index in [1.54, 1.807) is 0 Å². The maximum Gasteiger partial charge on any atom is 0.271 e. The van der Waals surface area contributed by atoms with Crippen molar-refractivity contribution < 1.29 is 4.92 Å². The lowest BCUT2D eigenvalue weighted by Gasteiger charge is -2.05. The van der Waals surface area contributed by atoms with Crippen molar-refractivity contribution in [3.63, 3.8) is 0 Å². The van der Waals surface area contributed by atoms with Gasteiger partial charge in [0.15, 0.2) is 0 Å². The number of hydrogen-bond donors (Lipinski definition) is 2. The Bertz CT molecular complexity index is 422. The van der Waals surface area contributed by atoms with E-state index in [9.17, 15) is 10.1 Å². The zero-order chi connectivity index (χ0) is 10.9. The van der Waals surface area contributed by atoms with Crippen LogP contribution < -0.4 is 11.5 Å². The highest BCUT2D eigenvalue weighted by Gasteiger charge is 2.14. The van der Waals surface area contributed by atoms with Crippen LogP contribution >= 0.6 is 28.1 Å². The summed E-state index contributed by atoms with van der Waals surface area (Å²) in [6.07, 6.45) is 0. The number of nitrogen functional groups attached to an aromatic ring is 1. The van der Waals surface area contributed by atoms with Crippen LogP contribution in [-0.2, 0) is 0 Å². The Balaban J connectivity index is 3.43. The van der Waals surface area contributed by atoms with E-state index < -0.39 is 4.92 Å². The third kappa shape index (κ3) is 1.99. The lowest BCUT2D eigenvalue weighted by atomic mass is 10.1. The number of non-ortho nitro benzene ring substituents is 1. The number of rotatable bonds is 2. The Morgan fingerprint density at radius 3 is 2.57 bits per heavy atom. The summed E-state index contributed by atoms with van der Waals surface area (Å²) in [7, 11) is 0. The van der Waals surface area contributed by atoms with Crippen LogP contribution in [0.4, 0.5) is 11.4 Å². The van der Waals surface area contributed by atoms with Crippen LogP contribution in [0.5, 0.6) is 0 Å². The summed E-state index contributed by atoms with van der Waals surface area (Å²) in [5.74, 6) is 0. The lowest BCUT2D eigenvalue weighted by Crippen LogP contribution is -2.12. The van der Waals surface area contributed by atoms with Crippen molar-refractivity contribution >= 4 is 44.5 Å². The van der Waals surface area contributed by atoms with Gasteiger partial charge in [0.2, 0.25) is 0 Å². The molecule has 1 aromatic carbocycles. The number of halogens is 1. The van der Waals surface area contributed by atoms with Crippen LogP contribution in [0, 0.1) is 10.1 Å². The normalized spacial score (nSPS) is 9.79. The van der Waals surface area contributed by atoms with Crippen LogP contribution in [0.1, 0.15) is 5.56 Å². The van der Waals surface area contributed by atoms with Crippen molar-refractivity contribution in [2.45, 2.75) is 0 Å². The Morgan fingerprint density at radius 2 is 2.14 bits per heavy atom. The highest BCUT2D eigenvalue weighted by molar-refractivity contribution is 9.10. The number of anilines is 1. The summed E-state index contributed by atoms with van der Waals surface area (Å²) in [5, 5.41) is 10.5. The second-order valence-electron chi connectivity index (χ2n) is 2.51. The fourth-order valence-corrected chi connectivity index (χ4v) is 1.53. The molecule has 0 aliphatic heterocycles. The molecule has 0 heterocycles. The van der Waals surface area contributed by atoms with Crippen molar-refractivity contribution in [3.05, 3.63) is 32.3 Å². The van der Waals surface area contributed by atoms with Gasteiger partial charge in [-0.2, -0.15) is 0 Å². The maximum atomic E-state index is 10.5. The standard InChI is InChI=1S/C7H6BrN3O2S/c8-5-2-3(11(12)13)1-4(6(5)9)7(10)14/h1-2H,9H2,(H2,10,14). The molecule has 0 saturated carbocycles. The molecule has 0 radical (unpaired) electrons. The highest BCUT2D eigenvalue weighted by atomic mass is 79.9. The first kappa shape index (κ1) is 10.9. The van der Waals surface area contributed by atoms with E-state index in [0.717, 1.165) is 0 Å². The Kier molecular flexibility index (Phi) is 3.02. The average molecular weight is 276 g/mol. The summed E-state index contributed by atoms with van der Waals surface area (Å²) in [5.41, 5.74) is 11.5. The summed E-state index contributed by atoms with van der Waals surface area (Å²) < 4.78 is 0.412. The van der Waals surface area contributed by atoms with Gasteiger partial charge in [-0.25, -0.2) is 0 Å². The monoisotopic (exact) mass is 275 g/mol. The second-order valence-corrected chi connectivity index (χ2v) is 3.80. The molecule has 1 aromatic rings. The van der Waals surface area contributed by atoms with Crippen LogP contribution in [0.3, 0.4) is 0 Å². The summed E-state index contributed by atoms with van der Waals surface area (Å²) >= 11 is 7.80. The zero-order valence-corrected chi connectivity index (χ0v) is 9.26. The van der Waals surface area contributed by atoms with E-state index in [4.69, 9.17) is 23.7 Å². The van der Waals surface area contributed by atoms with Gasteiger partial charge in [0.25, 0.3) is 5.69 Å². The van der Waals surface area contributed by atoms with Gasteiger partial charge >= 0.3 is 0 Å². The number of thiocarbonyl (C=S) groups is 1. The largest absolute Gasteiger partial charge is 0.397 e. The van der Waals surface area contributed by atoms with E-state index >= 15 is 0 Å². The summed E-state index contributed by atoms with van der Waals surface area (Å²) in [6.45, 7) is 0. The molecule has 7 heteroatoms. The van der Waals surface area contributed by atoms with Gasteiger partial charge in [0.1, 0.15) is 4.99 Å². The molecular weight excluding hydrogens is 270 g/mol. The molecule has 74 valence electrons. The van der Waals surface area contributed by atoms with Crippen molar-refractivity contribution in [1.29, 1.82) is 0 Å². The molecule has 0 atom stereocenters. The Labute approximate surface area is 93.4 Å². The molecule has 0 bridgehead atoms. The molecule has 0 spiro atoms. The van der Waals surface area contributed by atoms with Crippen LogP contribution in [-0.4, -0.2) is 9.91 Å². The van der Waals surface area contributed by atoms with E-state index in [2.05, 4.69) is 15.9 Å². The third-order valence-electron chi connectivity index (χ3n) is 1.59. The molecule has 0 aliphatic carbocycles. The average Bonchev–Trinajstić information content (AvgIpc) is 2.08. The first-order valence-corrected chi connectivity index (χ1v) is 4.67. The maximum absolute atomic E-state index is 10.5. The third-order valence-corrected chi connectivity index (χ3v) is 2.47. The van der Waals surface area contributed by atoms with Gasteiger partial charge in [-0.05, 0) is 15.9 Å². The second kappa shape index (κ2) is 3.89. The molecule has 5 nitrogen and oxygen atoms in total. The smallest absolute Gasteiger partial charge is 0.271 e. The van der Waals surface area contributed by atoms with Crippen molar-refractivity contribution in [1.82, 2.24) is 0 Å². The SMILES string of the molecule is NC(=S)c1cc([N+](=O)[O-])cc(Br)c1N. The highest BCUT2D eigenvalue weighted by Crippen LogP contribution is 2.28. The van der Waals surface area contributed by atoms with Crippen molar-refractivity contribution in [2.75, 3.05) is 5.73 Å². The number of benzene rings is 1. The molecular formula is C7H6BrN3O2S. The first-order chi connectivity index (χ1) is 6.43. The lowest BCUT2D eigenvalue weighted by molar-refractivity contribution is -0.384. The van der Waals surface area contributed by atoms with E-state index in [-0.39, 0.29) is 10.7 Å². The van der Waals surface area contributed by atoms with Crippen molar-refractivity contribution in [3.8, 4) is 0 Å². The quantitative estimate of drug-likeness (QED) is 0.370. The van der Waals surface area contributed by atoms with E-state index in [1.165, 1.54) is 12.1 Å². The van der Waals surface area contributed by atoms with Gasteiger partial charge in [0, 0.05) is 22.2 Å². The van der Waals surface area contributed by atoms with Crippen LogP contribution in [0.15, 0.2) is 16.6 Å². The zero-order valence-electron chi connectivity index (χ0n) is 6.86. The summed E-state index contributed by atoms with van der Waals surface area (Å²) in [4.78, 5) is 10.00. The van der Waals surface area contributed by atoms with Crippen LogP contribution in [0.2, 0.25) is 0 Å². The Morgan fingerprint density at radius 1 is 1.57 bits per heavy atom. The van der Waals surface area contributed by atoms with Gasteiger partial charge in [-0.1, -0.05) is 12.2 Å². The number of nitrogens with zero attached hydrogens (tertiary/aromatic N) is 1. The topological polar surface area (TPSA) is 95.2 Å². The predicted octanol–water partition coefficient (Wildman–Crippen LogP) is 1.57. The number of nitrogens with two attached hydrogens (primary N) is 2. The van der Waals surface area contributed by atoms with Gasteiger partial charge in [-0.15, -0.1) is 0 Å². The number of nitro groups is 1. The van der Waals surface area contributed by atoms with Gasteiger partial charge in [-0.3, -0.25) is 10.1 Å². The molecule has 14 heavy (non-hydrogen) atoms. The van der Waals surface area contributed by atoms with Gasteiger partial charge < -0.3 is 11.5 Å². The minimum absolute atomic E-state index is 0.0342. The van der Waals surface area contributed by atoms with E-state index in [0.29, 0.717) is 15.7 Å². The molecule has 0 amide bonds. The predicted molar refractivity (Wildman–Crippen MR) is 61.1 cm³/mol. The van der Waals surface area contributed by atoms with Crippen LogP contribution in [0.25, 0.3) is 0 Å². The van der Waals surface area contributed by atoms with Crippen molar-refractivity contribution in [2.24, 2.45) is 5.73 Å². The van der Waals surface area contributed by atoms with E-state index in [1.807, 2.05) is 0 Å². The fourth-order valence-electron chi connectivity index (χ4n) is 0.913. The Hall–Kier alpha value is -1.21. The molecule has 0 aliphatic rings. The number of nitro benzene ring substituents is 1. The molecule has 0 fully saturated rings. The molecule has 0 unspecified atom stereocenters. The first-order valence-electron chi connectivity index (χ1n) is 3.46. The minimum Gasteiger partial charge on any atom is -0.397 e. The molecule has 0 aromatic heterocycles. The summed E-state index contributed by atoms with van der Waals surface area (Å²) in [6, 6.07) is 2.56. The minimum atomic E-state index is -0.536. The number of hydrogen-bond acceptors (Lipinski definition) is 4. The van der Waals surface area contributed by atoms with Gasteiger partial charge in [0.05, 0.1) is 10.6 Å². The molecule has 0 saturated heterocycles. The fraction of sp³-hybridized carbons (Fsp3) is 0.